The average molecular weight is 465 g/mol. The molecule has 4 rings (SSSR count). The minimum absolute atomic E-state index is 0.124. The maximum Gasteiger partial charge on any atom is 0.404 e. The summed E-state index contributed by atoms with van der Waals surface area (Å²) in [5.74, 6) is -1.93. The van der Waals surface area contributed by atoms with Gasteiger partial charge in [0, 0.05) is 10.5 Å². The van der Waals surface area contributed by atoms with Crippen LogP contribution in [-0.2, 0) is 0 Å². The molecule has 2 aromatic rings. The molecule has 1 aliphatic heterocycles. The number of ketones is 1. The van der Waals surface area contributed by atoms with Crippen molar-refractivity contribution in [2.75, 3.05) is 7.11 Å². The highest BCUT2D eigenvalue weighted by Gasteiger charge is 2.66. The summed E-state index contributed by atoms with van der Waals surface area (Å²) in [6.45, 7) is 0. The number of Topliss-reactive ketones (excluding diaryl/α,β-unsaturated/α-hetero) is 1. The smallest absolute Gasteiger partial charge is 0.404 e. The van der Waals surface area contributed by atoms with Crippen LogP contribution in [0.1, 0.15) is 60.6 Å². The molecule has 3 atom stereocenters. The number of benzene rings is 2. The van der Waals surface area contributed by atoms with Crippen molar-refractivity contribution in [3.8, 4) is 5.75 Å². The third-order valence-corrected chi connectivity index (χ3v) is 8.41. The van der Waals surface area contributed by atoms with Crippen LogP contribution in [0.15, 0.2) is 53.4 Å². The number of fused-ring (bicyclic) bond motifs is 1. The summed E-state index contributed by atoms with van der Waals surface area (Å²) in [7, 11) is 1.48. The summed E-state index contributed by atoms with van der Waals surface area (Å²) in [4.78, 5) is 14.0. The number of hydrogen-bond acceptors (Lipinski definition) is 4. The van der Waals surface area contributed by atoms with Gasteiger partial charge in [-0.05, 0) is 48.2 Å². The van der Waals surface area contributed by atoms with E-state index in [1.165, 1.54) is 19.2 Å². The first-order valence-electron chi connectivity index (χ1n) is 11.0. The second-order valence-electron chi connectivity index (χ2n) is 8.75. The van der Waals surface area contributed by atoms with E-state index in [1.807, 2.05) is 0 Å². The Balaban J connectivity index is 1.83. The minimum Gasteiger partial charge on any atom is -0.497 e. The molecule has 1 fully saturated rings. The number of aliphatic hydroxyl groups excluding tert-OH is 1. The predicted molar refractivity (Wildman–Crippen MR) is 118 cm³/mol. The van der Waals surface area contributed by atoms with Crippen molar-refractivity contribution in [1.82, 2.24) is 0 Å². The van der Waals surface area contributed by atoms with Gasteiger partial charge >= 0.3 is 6.18 Å². The van der Waals surface area contributed by atoms with Crippen molar-refractivity contribution in [2.45, 2.75) is 60.4 Å². The monoisotopic (exact) mass is 464 g/mol. The Labute approximate surface area is 190 Å². The fourth-order valence-electron chi connectivity index (χ4n) is 5.14. The number of ether oxygens (including phenoxy) is 1. The third-order valence-electron chi connectivity index (χ3n) is 6.80. The van der Waals surface area contributed by atoms with E-state index < -0.39 is 28.7 Å². The summed E-state index contributed by atoms with van der Waals surface area (Å²) in [6.07, 6.45) is -2.09. The number of alkyl halides is 3. The maximum atomic E-state index is 15.0. The zero-order valence-electron chi connectivity index (χ0n) is 17.9. The van der Waals surface area contributed by atoms with Gasteiger partial charge in [0.15, 0.2) is 5.78 Å². The molecular weight excluding hydrogens is 437 g/mol. The second-order valence-corrected chi connectivity index (χ2v) is 10.1. The van der Waals surface area contributed by atoms with E-state index in [4.69, 9.17) is 4.74 Å². The van der Waals surface area contributed by atoms with E-state index >= 15 is 0 Å². The van der Waals surface area contributed by atoms with Crippen LogP contribution in [0.5, 0.6) is 5.75 Å². The quantitative estimate of drug-likeness (QED) is 0.506. The standard InChI is InChI=1S/C25H27F3O3S/c1-31-18-13-11-17(12-14-18)22(29)21-23(30)19-9-5-6-10-20(19)32-24(21,25(26,27)28)15-16-7-3-2-4-8-16/h5-6,9-14,16,21,23,30H,2-4,7-8,15H2,1H3/t21-,23+,24-/m1/s1. The fourth-order valence-corrected chi connectivity index (χ4v) is 6.78. The number of carbonyl (C=O) groups excluding carboxylic acids is 1. The molecule has 0 radical (unpaired) electrons. The fraction of sp³-hybridized carbons (Fsp3) is 0.480. The van der Waals surface area contributed by atoms with Gasteiger partial charge in [-0.15, -0.1) is 11.8 Å². The molecule has 3 nitrogen and oxygen atoms in total. The van der Waals surface area contributed by atoms with Gasteiger partial charge in [0.05, 0.1) is 19.1 Å². The number of halogens is 3. The maximum absolute atomic E-state index is 15.0. The molecule has 0 unspecified atom stereocenters. The molecule has 0 aromatic heterocycles. The summed E-state index contributed by atoms with van der Waals surface area (Å²) < 4.78 is 47.6. The average Bonchev–Trinajstić information content (AvgIpc) is 2.79. The van der Waals surface area contributed by atoms with Crippen molar-refractivity contribution in [2.24, 2.45) is 11.8 Å². The van der Waals surface area contributed by atoms with Crippen LogP contribution in [0, 0.1) is 11.8 Å². The van der Waals surface area contributed by atoms with Crippen LogP contribution in [0.25, 0.3) is 0 Å². The highest BCUT2D eigenvalue weighted by Crippen LogP contribution is 2.62. The lowest BCUT2D eigenvalue weighted by Gasteiger charge is -2.48. The number of aliphatic hydroxyl groups is 1. The third kappa shape index (κ3) is 4.17. The normalized spacial score (nSPS) is 26.4. The zero-order chi connectivity index (χ0) is 22.9. The van der Waals surface area contributed by atoms with Crippen LogP contribution in [0.3, 0.4) is 0 Å². The van der Waals surface area contributed by atoms with Gasteiger partial charge in [-0.1, -0.05) is 50.3 Å². The SMILES string of the molecule is COc1ccc(C(=O)[C@@H]2[C@@H](O)c3ccccc3S[C@@]2(CC2CCCCC2)C(F)(F)F)cc1. The van der Waals surface area contributed by atoms with E-state index in [0.717, 1.165) is 43.9 Å². The highest BCUT2D eigenvalue weighted by atomic mass is 32.2. The molecule has 1 heterocycles. The molecule has 32 heavy (non-hydrogen) atoms. The van der Waals surface area contributed by atoms with E-state index in [2.05, 4.69) is 0 Å². The lowest BCUT2D eigenvalue weighted by atomic mass is 9.71. The number of carbonyl (C=O) groups is 1. The number of methoxy groups -OCH3 is 1. The van der Waals surface area contributed by atoms with Gasteiger partial charge < -0.3 is 9.84 Å². The highest BCUT2D eigenvalue weighted by molar-refractivity contribution is 8.01. The first kappa shape index (κ1) is 23.2. The molecule has 7 heteroatoms. The lowest BCUT2D eigenvalue weighted by Crippen LogP contribution is -2.56. The lowest BCUT2D eigenvalue weighted by molar-refractivity contribution is -0.182. The topological polar surface area (TPSA) is 46.5 Å². The largest absolute Gasteiger partial charge is 0.497 e. The van der Waals surface area contributed by atoms with E-state index in [1.54, 1.807) is 36.4 Å². The van der Waals surface area contributed by atoms with Crippen molar-refractivity contribution in [3.05, 3.63) is 59.7 Å². The zero-order valence-corrected chi connectivity index (χ0v) is 18.7. The minimum atomic E-state index is -4.67. The summed E-state index contributed by atoms with van der Waals surface area (Å²) >= 11 is 0.717. The Hall–Kier alpha value is -1.99. The molecular formula is C25H27F3O3S. The summed E-state index contributed by atoms with van der Waals surface area (Å²) in [5, 5.41) is 11.2. The van der Waals surface area contributed by atoms with Crippen LogP contribution < -0.4 is 4.74 Å². The van der Waals surface area contributed by atoms with Crippen LogP contribution in [0.2, 0.25) is 0 Å². The summed E-state index contributed by atoms with van der Waals surface area (Å²) in [5.41, 5.74) is 0.528. The van der Waals surface area contributed by atoms with E-state index in [-0.39, 0.29) is 17.9 Å². The molecule has 1 N–H and O–H groups in total. The van der Waals surface area contributed by atoms with Gasteiger partial charge in [0.2, 0.25) is 0 Å². The molecule has 0 amide bonds. The van der Waals surface area contributed by atoms with Crippen molar-refractivity contribution in [1.29, 1.82) is 0 Å². The van der Waals surface area contributed by atoms with Crippen LogP contribution in [-0.4, -0.2) is 28.9 Å². The van der Waals surface area contributed by atoms with Crippen molar-refractivity contribution in [3.63, 3.8) is 0 Å². The number of thioether (sulfide) groups is 1. The van der Waals surface area contributed by atoms with Gasteiger partial charge in [-0.25, -0.2) is 0 Å². The molecule has 172 valence electrons. The molecule has 0 saturated heterocycles. The number of rotatable bonds is 5. The Kier molecular flexibility index (Phi) is 6.59. The molecule has 1 saturated carbocycles. The Morgan fingerprint density at radius 3 is 2.38 bits per heavy atom. The Morgan fingerprint density at radius 1 is 1.09 bits per heavy atom. The molecule has 0 spiro atoms. The summed E-state index contributed by atoms with van der Waals surface area (Å²) in [6, 6.07) is 12.6. The van der Waals surface area contributed by atoms with Crippen molar-refractivity contribution < 1.29 is 27.8 Å². The van der Waals surface area contributed by atoms with Gasteiger partial charge in [0.1, 0.15) is 10.5 Å². The van der Waals surface area contributed by atoms with E-state index in [0.29, 0.717) is 16.2 Å². The van der Waals surface area contributed by atoms with Crippen LogP contribution in [0.4, 0.5) is 13.2 Å². The Bertz CT molecular complexity index is 954. The van der Waals surface area contributed by atoms with Gasteiger partial charge in [0.25, 0.3) is 0 Å². The first-order chi connectivity index (χ1) is 15.3. The number of hydrogen-bond donors (Lipinski definition) is 1. The van der Waals surface area contributed by atoms with Crippen LogP contribution >= 0.6 is 11.8 Å². The van der Waals surface area contributed by atoms with Gasteiger partial charge in [-0.2, -0.15) is 13.2 Å². The second kappa shape index (κ2) is 9.10. The van der Waals surface area contributed by atoms with Crippen molar-refractivity contribution >= 4 is 17.5 Å². The van der Waals surface area contributed by atoms with Gasteiger partial charge in [-0.3, -0.25) is 4.79 Å². The van der Waals surface area contributed by atoms with E-state index in [9.17, 15) is 23.1 Å². The molecule has 1 aliphatic carbocycles. The molecule has 2 aromatic carbocycles. The Morgan fingerprint density at radius 2 is 1.75 bits per heavy atom. The predicted octanol–water partition coefficient (Wildman–Crippen LogP) is 6.60. The first-order valence-corrected chi connectivity index (χ1v) is 11.8. The molecule has 2 aliphatic rings. The molecule has 0 bridgehead atoms.